The van der Waals surface area contributed by atoms with Gasteiger partial charge in [0, 0.05) is 19.0 Å². The zero-order valence-corrected chi connectivity index (χ0v) is 14.3. The predicted octanol–water partition coefficient (Wildman–Crippen LogP) is 2.02. The van der Waals surface area contributed by atoms with E-state index in [1.54, 1.807) is 4.31 Å². The van der Waals surface area contributed by atoms with Crippen LogP contribution in [0.2, 0.25) is 0 Å². The third-order valence-electron chi connectivity index (χ3n) is 6.65. The van der Waals surface area contributed by atoms with Gasteiger partial charge in [0.2, 0.25) is 10.0 Å². The lowest BCUT2D eigenvalue weighted by atomic mass is 9.82. The number of nitrogens with zero attached hydrogens (tertiary/aromatic N) is 4. The minimum Gasteiger partial charge on any atom is -0.312 e. The number of hydrogen-bond donors (Lipinski definition) is 0. The Balaban J connectivity index is 1.36. The average Bonchev–Trinajstić information content (AvgIpc) is 2.88. The van der Waals surface area contributed by atoms with Crippen molar-refractivity contribution in [3.05, 3.63) is 11.6 Å². The molecule has 2 heterocycles. The second-order valence-corrected chi connectivity index (χ2v) is 10.0. The first-order valence-electron chi connectivity index (χ1n) is 9.01. The average molecular weight is 336 g/mol. The van der Waals surface area contributed by atoms with Crippen molar-refractivity contribution in [1.29, 1.82) is 0 Å². The van der Waals surface area contributed by atoms with E-state index in [-0.39, 0.29) is 10.7 Å². The molecule has 1 spiro atoms. The summed E-state index contributed by atoms with van der Waals surface area (Å²) in [6.07, 6.45) is 9.24. The first-order chi connectivity index (χ1) is 11.1. The monoisotopic (exact) mass is 336 g/mol. The smallest absolute Gasteiger partial charge is 0.218 e. The van der Waals surface area contributed by atoms with Gasteiger partial charge in [-0.25, -0.2) is 8.42 Å². The highest BCUT2D eigenvalue weighted by Gasteiger charge is 2.64. The van der Waals surface area contributed by atoms with Crippen molar-refractivity contribution in [2.75, 3.05) is 6.54 Å². The Hall–Kier alpha value is -0.950. The summed E-state index contributed by atoms with van der Waals surface area (Å²) < 4.78 is 29.7. The van der Waals surface area contributed by atoms with Crippen molar-refractivity contribution in [1.82, 2.24) is 19.1 Å². The molecule has 0 radical (unpaired) electrons. The van der Waals surface area contributed by atoms with E-state index in [9.17, 15) is 8.42 Å². The largest absolute Gasteiger partial charge is 0.312 e. The van der Waals surface area contributed by atoms with Crippen LogP contribution in [0.15, 0.2) is 0 Å². The van der Waals surface area contributed by atoms with Crippen LogP contribution in [0.4, 0.5) is 0 Å². The van der Waals surface area contributed by atoms with E-state index in [1.807, 2.05) is 0 Å². The summed E-state index contributed by atoms with van der Waals surface area (Å²) in [5.41, 5.74) is 0.152. The molecule has 0 amide bonds. The van der Waals surface area contributed by atoms with Gasteiger partial charge in [0.05, 0.1) is 11.8 Å². The first-order valence-corrected chi connectivity index (χ1v) is 10.5. The molecule has 1 atom stereocenters. The van der Waals surface area contributed by atoms with Crippen LogP contribution in [0.3, 0.4) is 0 Å². The van der Waals surface area contributed by atoms with Gasteiger partial charge in [-0.05, 0) is 37.5 Å². The third kappa shape index (κ3) is 2.05. The Morgan fingerprint density at radius 1 is 1.04 bits per heavy atom. The van der Waals surface area contributed by atoms with Crippen LogP contribution in [0.25, 0.3) is 0 Å². The molecular formula is C16H24N4O2S. The summed E-state index contributed by atoms with van der Waals surface area (Å²) in [4.78, 5) is 0. The van der Waals surface area contributed by atoms with Gasteiger partial charge in [-0.1, -0.05) is 19.3 Å². The molecule has 0 saturated heterocycles. The molecular weight excluding hydrogens is 312 g/mol. The van der Waals surface area contributed by atoms with Gasteiger partial charge in [0.25, 0.3) is 0 Å². The Morgan fingerprint density at radius 3 is 2.48 bits per heavy atom. The molecule has 1 aromatic heterocycles. The van der Waals surface area contributed by atoms with Crippen molar-refractivity contribution >= 4 is 10.0 Å². The van der Waals surface area contributed by atoms with Crippen LogP contribution in [-0.2, 0) is 23.1 Å². The maximum absolute atomic E-state index is 12.9. The summed E-state index contributed by atoms with van der Waals surface area (Å²) in [5, 5.41) is 8.61. The van der Waals surface area contributed by atoms with E-state index < -0.39 is 10.0 Å². The van der Waals surface area contributed by atoms with Gasteiger partial charge in [-0.2, -0.15) is 4.31 Å². The van der Waals surface area contributed by atoms with Gasteiger partial charge < -0.3 is 4.57 Å². The second kappa shape index (κ2) is 4.79. The number of sulfonamides is 1. The second-order valence-electron chi connectivity index (χ2n) is 7.89. The zero-order chi connectivity index (χ0) is 15.7. The van der Waals surface area contributed by atoms with Crippen LogP contribution >= 0.6 is 0 Å². The molecule has 0 bridgehead atoms. The molecule has 3 aliphatic carbocycles. The number of hydrogen-bond acceptors (Lipinski definition) is 4. The maximum Gasteiger partial charge on any atom is 0.218 e. The van der Waals surface area contributed by atoms with Gasteiger partial charge in [-0.3, -0.25) is 0 Å². The van der Waals surface area contributed by atoms with Crippen LogP contribution < -0.4 is 0 Å². The van der Waals surface area contributed by atoms with Crippen LogP contribution in [0, 0.1) is 5.41 Å². The van der Waals surface area contributed by atoms with E-state index in [1.165, 1.54) is 32.1 Å². The Kier molecular flexibility index (Phi) is 3.00. The van der Waals surface area contributed by atoms with Crippen molar-refractivity contribution in [2.45, 2.75) is 75.6 Å². The van der Waals surface area contributed by atoms with Crippen molar-refractivity contribution in [3.8, 4) is 0 Å². The topological polar surface area (TPSA) is 68.1 Å². The highest BCUT2D eigenvalue weighted by Crippen LogP contribution is 2.64. The lowest BCUT2D eigenvalue weighted by Crippen LogP contribution is -2.42. The Labute approximate surface area is 137 Å². The fourth-order valence-corrected chi connectivity index (χ4v) is 7.33. The maximum atomic E-state index is 12.9. The lowest BCUT2D eigenvalue weighted by molar-refractivity contribution is 0.281. The van der Waals surface area contributed by atoms with Gasteiger partial charge >= 0.3 is 0 Å². The van der Waals surface area contributed by atoms with Crippen molar-refractivity contribution < 1.29 is 8.42 Å². The molecule has 1 aliphatic heterocycles. The molecule has 4 aliphatic rings. The van der Waals surface area contributed by atoms with Crippen LogP contribution in [-0.4, -0.2) is 39.3 Å². The SMILES string of the molecule is O=S(=O)(C1CC12CCC2)N1CCn2c(nnc2C2CCCC2)C1. The standard InChI is InChI=1S/C16H24N4O2S/c21-23(22,13-10-16(13)6-3-7-16)19-8-9-20-14(11-19)17-18-15(20)12-4-1-2-5-12/h12-13H,1-11H2. The summed E-state index contributed by atoms with van der Waals surface area (Å²) in [7, 11) is -3.16. The molecule has 1 unspecified atom stereocenters. The molecule has 1 aromatic rings. The number of fused-ring (bicyclic) bond motifs is 1. The van der Waals surface area contributed by atoms with Crippen molar-refractivity contribution in [3.63, 3.8) is 0 Å². The van der Waals surface area contributed by atoms with E-state index in [2.05, 4.69) is 14.8 Å². The van der Waals surface area contributed by atoms with Crippen molar-refractivity contribution in [2.24, 2.45) is 5.41 Å². The van der Waals surface area contributed by atoms with E-state index in [0.717, 1.165) is 30.9 Å². The van der Waals surface area contributed by atoms with E-state index in [4.69, 9.17) is 0 Å². The molecule has 6 nitrogen and oxygen atoms in total. The minimum atomic E-state index is -3.16. The number of aromatic nitrogens is 3. The van der Waals surface area contributed by atoms with E-state index >= 15 is 0 Å². The van der Waals surface area contributed by atoms with E-state index in [0.29, 0.717) is 25.6 Å². The van der Waals surface area contributed by atoms with Gasteiger partial charge in [0.15, 0.2) is 0 Å². The molecule has 3 fully saturated rings. The minimum absolute atomic E-state index is 0.118. The summed E-state index contributed by atoms with van der Waals surface area (Å²) in [5.74, 6) is 2.46. The Bertz CT molecular complexity index is 731. The normalized spacial score (nSPS) is 30.3. The lowest BCUT2D eigenvalue weighted by Gasteiger charge is -2.31. The summed E-state index contributed by atoms with van der Waals surface area (Å²) in [6, 6.07) is 0. The molecule has 126 valence electrons. The Morgan fingerprint density at radius 2 is 1.83 bits per heavy atom. The molecule has 23 heavy (non-hydrogen) atoms. The van der Waals surface area contributed by atoms with Gasteiger partial charge in [0.1, 0.15) is 11.6 Å². The third-order valence-corrected chi connectivity index (χ3v) is 9.07. The fourth-order valence-electron chi connectivity index (χ4n) is 4.93. The zero-order valence-electron chi connectivity index (χ0n) is 13.4. The van der Waals surface area contributed by atoms with Crippen LogP contribution in [0.5, 0.6) is 0 Å². The summed E-state index contributed by atoms with van der Waals surface area (Å²) >= 11 is 0. The number of rotatable bonds is 3. The highest BCUT2D eigenvalue weighted by molar-refractivity contribution is 7.90. The quantitative estimate of drug-likeness (QED) is 0.847. The first kappa shape index (κ1) is 14.4. The molecule has 0 aromatic carbocycles. The molecule has 5 rings (SSSR count). The summed E-state index contributed by atoms with van der Waals surface area (Å²) in [6.45, 7) is 1.71. The molecule has 3 saturated carbocycles. The highest BCUT2D eigenvalue weighted by atomic mass is 32.2. The molecule has 7 heteroatoms. The predicted molar refractivity (Wildman–Crippen MR) is 85.2 cm³/mol. The van der Waals surface area contributed by atoms with Gasteiger partial charge in [-0.15, -0.1) is 10.2 Å². The van der Waals surface area contributed by atoms with Crippen LogP contribution in [0.1, 0.15) is 68.9 Å². The fraction of sp³-hybridized carbons (Fsp3) is 0.875. The molecule has 0 N–H and O–H groups in total.